The summed E-state index contributed by atoms with van der Waals surface area (Å²) in [5, 5.41) is 2.85. The number of ether oxygens (including phenoxy) is 2. The number of carbonyl (C=O) groups excluding carboxylic acids is 2. The number of thioether (sulfide) groups is 1. The number of nitrogens with one attached hydrogen (secondary N) is 1. The molecule has 1 aromatic carbocycles. The second-order valence-electron chi connectivity index (χ2n) is 5.99. The zero-order valence-electron chi connectivity index (χ0n) is 15.9. The molecule has 146 valence electrons. The fourth-order valence-electron chi connectivity index (χ4n) is 3.11. The van der Waals surface area contributed by atoms with Gasteiger partial charge in [0.2, 0.25) is 0 Å². The maximum Gasteiger partial charge on any atom is 0.336 e. The zero-order valence-corrected chi connectivity index (χ0v) is 16.7. The molecule has 0 fully saturated rings. The van der Waals surface area contributed by atoms with Crippen molar-refractivity contribution >= 4 is 23.7 Å². The van der Waals surface area contributed by atoms with Crippen molar-refractivity contribution in [3.8, 4) is 0 Å². The molecule has 1 N–H and O–H groups in total. The summed E-state index contributed by atoms with van der Waals surface area (Å²) < 4.78 is 24.0. The standard InChI is InChI=1S/C20H24FNO4S/c1-5-10-26-20(24)16-12(2)22-14(11-21)18(19(23)25-3)17(16)13-8-6-7-9-15(13)27-4/h6-9,17,22H,5,10-11H2,1-4H3. The van der Waals surface area contributed by atoms with Gasteiger partial charge in [0, 0.05) is 10.6 Å². The van der Waals surface area contributed by atoms with Crippen LogP contribution in [-0.4, -0.2) is 38.6 Å². The van der Waals surface area contributed by atoms with Crippen molar-refractivity contribution < 1.29 is 23.5 Å². The Labute approximate surface area is 163 Å². The molecule has 1 aliphatic heterocycles. The highest BCUT2D eigenvalue weighted by Crippen LogP contribution is 2.42. The predicted octanol–water partition coefficient (Wildman–Crippen LogP) is 3.72. The molecule has 1 atom stereocenters. The van der Waals surface area contributed by atoms with E-state index < -0.39 is 24.5 Å². The Morgan fingerprint density at radius 2 is 1.93 bits per heavy atom. The van der Waals surface area contributed by atoms with Crippen LogP contribution < -0.4 is 5.32 Å². The summed E-state index contributed by atoms with van der Waals surface area (Å²) in [5.74, 6) is -1.97. The van der Waals surface area contributed by atoms with E-state index in [2.05, 4.69) is 5.32 Å². The SMILES string of the molecule is CCCOC(=O)C1=C(C)NC(CF)=C(C(=O)OC)C1c1ccccc1SC. The van der Waals surface area contributed by atoms with Gasteiger partial charge in [-0.3, -0.25) is 0 Å². The number of hydrogen-bond acceptors (Lipinski definition) is 6. The summed E-state index contributed by atoms with van der Waals surface area (Å²) in [6.45, 7) is 2.97. The van der Waals surface area contributed by atoms with Crippen molar-refractivity contribution in [2.45, 2.75) is 31.1 Å². The molecule has 0 spiro atoms. The monoisotopic (exact) mass is 393 g/mol. The number of rotatable bonds is 7. The molecule has 0 bridgehead atoms. The van der Waals surface area contributed by atoms with Crippen LogP contribution >= 0.6 is 11.8 Å². The Hall–Kier alpha value is -2.28. The highest BCUT2D eigenvalue weighted by Gasteiger charge is 2.39. The van der Waals surface area contributed by atoms with Gasteiger partial charge in [-0.2, -0.15) is 0 Å². The first kappa shape index (κ1) is 21.0. The van der Waals surface area contributed by atoms with Crippen molar-refractivity contribution in [2.75, 3.05) is 26.6 Å². The summed E-state index contributed by atoms with van der Waals surface area (Å²) in [6.07, 6.45) is 2.58. The van der Waals surface area contributed by atoms with Gasteiger partial charge in [-0.05, 0) is 31.2 Å². The zero-order chi connectivity index (χ0) is 20.0. The largest absolute Gasteiger partial charge is 0.466 e. The molecule has 1 aromatic rings. The fourth-order valence-corrected chi connectivity index (χ4v) is 3.75. The highest BCUT2D eigenvalue weighted by molar-refractivity contribution is 7.98. The minimum absolute atomic E-state index is 0.0931. The third-order valence-corrected chi connectivity index (χ3v) is 5.10. The van der Waals surface area contributed by atoms with E-state index in [0.717, 1.165) is 10.5 Å². The van der Waals surface area contributed by atoms with E-state index in [4.69, 9.17) is 9.47 Å². The first-order valence-corrected chi connectivity index (χ1v) is 9.87. The lowest BCUT2D eigenvalue weighted by molar-refractivity contribution is -0.139. The van der Waals surface area contributed by atoms with Gasteiger partial charge in [0.1, 0.15) is 6.67 Å². The number of halogens is 1. The first-order valence-electron chi connectivity index (χ1n) is 8.65. The van der Waals surface area contributed by atoms with Gasteiger partial charge in [0.05, 0.1) is 36.5 Å². The second kappa shape index (κ2) is 9.60. The minimum Gasteiger partial charge on any atom is -0.466 e. The molecule has 0 saturated carbocycles. The molecule has 0 aromatic heterocycles. The van der Waals surface area contributed by atoms with Crippen molar-refractivity contribution in [3.63, 3.8) is 0 Å². The number of methoxy groups -OCH3 is 1. The molecular formula is C20H24FNO4S. The lowest BCUT2D eigenvalue weighted by Gasteiger charge is -2.31. The summed E-state index contributed by atoms with van der Waals surface area (Å²) in [7, 11) is 1.24. The van der Waals surface area contributed by atoms with Crippen molar-refractivity contribution in [1.82, 2.24) is 5.32 Å². The number of benzene rings is 1. The molecule has 0 saturated heterocycles. The Morgan fingerprint density at radius 1 is 1.22 bits per heavy atom. The smallest absolute Gasteiger partial charge is 0.336 e. The number of esters is 2. The van der Waals surface area contributed by atoms with Gasteiger partial charge in [-0.15, -0.1) is 11.8 Å². The molecule has 0 radical (unpaired) electrons. The average Bonchev–Trinajstić information content (AvgIpc) is 2.70. The second-order valence-corrected chi connectivity index (χ2v) is 6.84. The van der Waals surface area contributed by atoms with Crippen LogP contribution in [0.25, 0.3) is 0 Å². The topological polar surface area (TPSA) is 64.6 Å². The number of allylic oxidation sites excluding steroid dienone is 2. The lowest BCUT2D eigenvalue weighted by Crippen LogP contribution is -2.34. The predicted molar refractivity (Wildman–Crippen MR) is 103 cm³/mol. The normalized spacial score (nSPS) is 16.9. The van der Waals surface area contributed by atoms with Crippen molar-refractivity contribution in [3.05, 3.63) is 52.4 Å². The number of carbonyl (C=O) groups is 2. The van der Waals surface area contributed by atoms with Gasteiger partial charge in [-0.25, -0.2) is 14.0 Å². The summed E-state index contributed by atoms with van der Waals surface area (Å²) in [4.78, 5) is 26.2. The Bertz CT molecular complexity index is 788. The van der Waals surface area contributed by atoms with Crippen LogP contribution in [-0.2, 0) is 19.1 Å². The first-order chi connectivity index (χ1) is 13.0. The van der Waals surface area contributed by atoms with E-state index in [1.807, 2.05) is 37.4 Å². The summed E-state index contributed by atoms with van der Waals surface area (Å²) in [5.41, 5.74) is 1.70. The van der Waals surface area contributed by atoms with E-state index in [9.17, 15) is 14.0 Å². The third-order valence-electron chi connectivity index (χ3n) is 4.29. The van der Waals surface area contributed by atoms with E-state index in [1.165, 1.54) is 18.9 Å². The van der Waals surface area contributed by atoms with Crippen LogP contribution in [0.4, 0.5) is 4.39 Å². The molecule has 1 aliphatic rings. The van der Waals surface area contributed by atoms with Gasteiger partial charge >= 0.3 is 11.9 Å². The molecule has 2 rings (SSSR count). The van der Waals surface area contributed by atoms with Crippen LogP contribution in [0.2, 0.25) is 0 Å². The number of hydrogen-bond donors (Lipinski definition) is 1. The number of alkyl halides is 1. The van der Waals surface area contributed by atoms with E-state index in [0.29, 0.717) is 17.7 Å². The van der Waals surface area contributed by atoms with E-state index in [1.54, 1.807) is 6.92 Å². The molecule has 1 heterocycles. The van der Waals surface area contributed by atoms with Crippen molar-refractivity contribution in [1.29, 1.82) is 0 Å². The van der Waals surface area contributed by atoms with Gasteiger partial charge in [0.25, 0.3) is 0 Å². The summed E-state index contributed by atoms with van der Waals surface area (Å²) in [6, 6.07) is 7.43. The van der Waals surface area contributed by atoms with Crippen LogP contribution in [0.15, 0.2) is 51.7 Å². The lowest BCUT2D eigenvalue weighted by atomic mass is 9.80. The van der Waals surface area contributed by atoms with Crippen molar-refractivity contribution in [2.24, 2.45) is 0 Å². The Kier molecular flexibility index (Phi) is 7.47. The Morgan fingerprint density at radius 3 is 2.52 bits per heavy atom. The minimum atomic E-state index is -0.878. The highest BCUT2D eigenvalue weighted by atomic mass is 32.2. The average molecular weight is 393 g/mol. The molecule has 7 heteroatoms. The quantitative estimate of drug-likeness (QED) is 0.563. The molecule has 5 nitrogen and oxygen atoms in total. The Balaban J connectivity index is 2.71. The molecule has 0 amide bonds. The van der Waals surface area contributed by atoms with Crippen LogP contribution in [0.5, 0.6) is 0 Å². The number of dihydropyridines is 1. The van der Waals surface area contributed by atoms with E-state index in [-0.39, 0.29) is 17.9 Å². The molecule has 27 heavy (non-hydrogen) atoms. The van der Waals surface area contributed by atoms with Crippen LogP contribution in [0.3, 0.4) is 0 Å². The van der Waals surface area contributed by atoms with Gasteiger partial charge in [0.15, 0.2) is 0 Å². The maximum atomic E-state index is 13.7. The molecule has 0 aliphatic carbocycles. The third kappa shape index (κ3) is 4.35. The van der Waals surface area contributed by atoms with Gasteiger partial charge in [-0.1, -0.05) is 25.1 Å². The molecular weight excluding hydrogens is 369 g/mol. The van der Waals surface area contributed by atoms with Gasteiger partial charge < -0.3 is 14.8 Å². The van der Waals surface area contributed by atoms with Crippen LogP contribution in [0, 0.1) is 0 Å². The van der Waals surface area contributed by atoms with E-state index >= 15 is 0 Å². The fraction of sp³-hybridized carbons (Fsp3) is 0.400. The maximum absolute atomic E-state index is 13.7. The molecule has 1 unspecified atom stereocenters. The summed E-state index contributed by atoms with van der Waals surface area (Å²) >= 11 is 1.49. The van der Waals surface area contributed by atoms with Crippen LogP contribution in [0.1, 0.15) is 31.7 Å².